The highest BCUT2D eigenvalue weighted by Gasteiger charge is 2.26. The SMILES string of the molecule is O=C(CO)N1CCC(n2c(=O)[nH]c(=O)c3cnc4ccc(-c5cnc(CO)nc5)nc4c32)CC1. The third-order valence-electron chi connectivity index (χ3n) is 6.07. The van der Waals surface area contributed by atoms with Gasteiger partial charge < -0.3 is 15.1 Å². The molecular formula is C22H21N7O5. The van der Waals surface area contributed by atoms with Gasteiger partial charge in [0.1, 0.15) is 18.7 Å². The number of aromatic amines is 1. The van der Waals surface area contributed by atoms with E-state index in [1.807, 2.05) is 0 Å². The van der Waals surface area contributed by atoms with Crippen LogP contribution in [0, 0.1) is 0 Å². The molecule has 1 aliphatic rings. The number of carbonyl (C=O) groups is 1. The van der Waals surface area contributed by atoms with E-state index >= 15 is 0 Å². The Morgan fingerprint density at radius 2 is 1.79 bits per heavy atom. The first kappa shape index (κ1) is 21.8. The van der Waals surface area contributed by atoms with Crippen LogP contribution in [0.15, 0.2) is 40.3 Å². The van der Waals surface area contributed by atoms with Gasteiger partial charge in [0.2, 0.25) is 5.91 Å². The van der Waals surface area contributed by atoms with E-state index in [4.69, 9.17) is 10.1 Å². The Morgan fingerprint density at radius 3 is 2.47 bits per heavy atom. The van der Waals surface area contributed by atoms with Crippen LogP contribution in [0.5, 0.6) is 0 Å². The Hall–Kier alpha value is -4.03. The average molecular weight is 463 g/mol. The van der Waals surface area contributed by atoms with Gasteiger partial charge in [-0.2, -0.15) is 0 Å². The molecule has 0 radical (unpaired) electrons. The number of aliphatic hydroxyl groups is 2. The number of carbonyl (C=O) groups excluding carboxylic acids is 1. The van der Waals surface area contributed by atoms with Gasteiger partial charge in [0.25, 0.3) is 5.56 Å². The molecule has 1 aliphatic heterocycles. The van der Waals surface area contributed by atoms with Gasteiger partial charge >= 0.3 is 5.69 Å². The number of aliphatic hydroxyl groups excluding tert-OH is 2. The number of aromatic nitrogens is 6. The highest BCUT2D eigenvalue weighted by atomic mass is 16.3. The quantitative estimate of drug-likeness (QED) is 0.345. The van der Waals surface area contributed by atoms with Gasteiger partial charge in [-0.3, -0.25) is 24.1 Å². The number of amides is 1. The molecule has 3 N–H and O–H groups in total. The van der Waals surface area contributed by atoms with Crippen molar-refractivity contribution >= 4 is 27.8 Å². The van der Waals surface area contributed by atoms with Crippen molar-refractivity contribution < 1.29 is 15.0 Å². The fourth-order valence-electron chi connectivity index (χ4n) is 4.34. The molecule has 34 heavy (non-hydrogen) atoms. The van der Waals surface area contributed by atoms with E-state index in [1.54, 1.807) is 29.4 Å². The van der Waals surface area contributed by atoms with Crippen molar-refractivity contribution in [1.29, 1.82) is 0 Å². The van der Waals surface area contributed by atoms with Gasteiger partial charge in [0, 0.05) is 43.3 Å². The predicted octanol–water partition coefficient (Wildman–Crippen LogP) is -0.262. The van der Waals surface area contributed by atoms with Crippen molar-refractivity contribution in [3.05, 3.63) is 57.4 Å². The molecule has 0 saturated carbocycles. The van der Waals surface area contributed by atoms with Crippen molar-refractivity contribution in [2.24, 2.45) is 0 Å². The average Bonchev–Trinajstić information content (AvgIpc) is 2.88. The van der Waals surface area contributed by atoms with E-state index in [2.05, 4.69) is 19.9 Å². The number of H-pyrrole nitrogens is 1. The fraction of sp³-hybridized carbons (Fsp3) is 0.318. The fourth-order valence-corrected chi connectivity index (χ4v) is 4.34. The van der Waals surface area contributed by atoms with Crippen LogP contribution in [0.2, 0.25) is 0 Å². The first-order chi connectivity index (χ1) is 16.5. The normalized spacial score (nSPS) is 14.7. The van der Waals surface area contributed by atoms with Gasteiger partial charge in [-0.1, -0.05) is 0 Å². The summed E-state index contributed by atoms with van der Waals surface area (Å²) >= 11 is 0. The summed E-state index contributed by atoms with van der Waals surface area (Å²) < 4.78 is 1.53. The topological polar surface area (TPSA) is 167 Å². The van der Waals surface area contributed by atoms with Crippen LogP contribution in [0.3, 0.4) is 0 Å². The Balaban J connectivity index is 1.67. The summed E-state index contributed by atoms with van der Waals surface area (Å²) in [6, 6.07) is 3.21. The van der Waals surface area contributed by atoms with E-state index < -0.39 is 17.9 Å². The molecule has 12 heteroatoms. The van der Waals surface area contributed by atoms with Crippen LogP contribution in [-0.4, -0.2) is 70.2 Å². The van der Waals surface area contributed by atoms with Crippen molar-refractivity contribution in [2.45, 2.75) is 25.5 Å². The second-order valence-corrected chi connectivity index (χ2v) is 8.03. The molecule has 12 nitrogen and oxygen atoms in total. The molecule has 4 aromatic heterocycles. The minimum Gasteiger partial charge on any atom is -0.388 e. The molecule has 0 spiro atoms. The summed E-state index contributed by atoms with van der Waals surface area (Å²) in [5, 5.41) is 18.5. The minimum absolute atomic E-state index is 0.234. The maximum Gasteiger partial charge on any atom is 0.329 e. The second kappa shape index (κ2) is 8.72. The van der Waals surface area contributed by atoms with Gasteiger partial charge in [-0.05, 0) is 25.0 Å². The van der Waals surface area contributed by atoms with Crippen molar-refractivity contribution in [1.82, 2.24) is 34.4 Å². The maximum atomic E-state index is 13.0. The van der Waals surface area contributed by atoms with E-state index in [0.717, 1.165) is 0 Å². The van der Waals surface area contributed by atoms with E-state index in [1.165, 1.54) is 10.8 Å². The smallest absolute Gasteiger partial charge is 0.329 e. The zero-order valence-electron chi connectivity index (χ0n) is 18.0. The van der Waals surface area contributed by atoms with Gasteiger partial charge in [-0.25, -0.2) is 19.7 Å². The summed E-state index contributed by atoms with van der Waals surface area (Å²) in [6.45, 7) is -0.0727. The van der Waals surface area contributed by atoms with E-state index in [9.17, 15) is 19.5 Å². The monoisotopic (exact) mass is 463 g/mol. The van der Waals surface area contributed by atoms with E-state index in [0.29, 0.717) is 53.7 Å². The molecule has 0 unspecified atom stereocenters. The predicted molar refractivity (Wildman–Crippen MR) is 121 cm³/mol. The number of likely N-dealkylation sites (tertiary alicyclic amines) is 1. The molecule has 0 aliphatic carbocycles. The van der Waals surface area contributed by atoms with Crippen molar-refractivity contribution in [2.75, 3.05) is 19.7 Å². The molecule has 1 amide bonds. The number of fused-ring (bicyclic) bond motifs is 3. The Bertz CT molecular complexity index is 1500. The molecule has 0 bridgehead atoms. The second-order valence-electron chi connectivity index (χ2n) is 8.03. The van der Waals surface area contributed by atoms with Crippen LogP contribution in [0.4, 0.5) is 0 Å². The molecule has 5 heterocycles. The minimum atomic E-state index is -0.557. The number of piperidine rings is 1. The highest BCUT2D eigenvalue weighted by Crippen LogP contribution is 2.28. The number of rotatable bonds is 4. The van der Waals surface area contributed by atoms with Crippen LogP contribution in [0.1, 0.15) is 24.7 Å². The molecular weight excluding hydrogens is 442 g/mol. The van der Waals surface area contributed by atoms with Crippen LogP contribution >= 0.6 is 0 Å². The molecule has 0 atom stereocenters. The molecule has 4 aromatic rings. The molecule has 0 aromatic carbocycles. The number of nitrogens with zero attached hydrogens (tertiary/aromatic N) is 6. The first-order valence-electron chi connectivity index (χ1n) is 10.7. The summed E-state index contributed by atoms with van der Waals surface area (Å²) in [7, 11) is 0. The standard InChI is InChI=1S/C22H21N7O5/c30-10-17-24-7-12(8-25-17)15-1-2-16-19(26-15)20-14(9-23-16)21(33)27-22(34)29(20)13-3-5-28(6-4-13)18(32)11-31/h1-2,7-9,13,30-31H,3-6,10-11H2,(H,27,33,34). The first-order valence-corrected chi connectivity index (χ1v) is 10.7. The zero-order chi connectivity index (χ0) is 23.8. The third-order valence-corrected chi connectivity index (χ3v) is 6.07. The lowest BCUT2D eigenvalue weighted by molar-refractivity contribution is -0.135. The van der Waals surface area contributed by atoms with E-state index in [-0.39, 0.29) is 29.8 Å². The summed E-state index contributed by atoms with van der Waals surface area (Å²) in [4.78, 5) is 58.6. The number of pyridine rings is 2. The van der Waals surface area contributed by atoms with Gasteiger partial charge in [-0.15, -0.1) is 0 Å². The maximum absolute atomic E-state index is 13.0. The molecule has 174 valence electrons. The number of hydrogen-bond donors (Lipinski definition) is 3. The van der Waals surface area contributed by atoms with Crippen LogP contribution in [-0.2, 0) is 11.4 Å². The largest absolute Gasteiger partial charge is 0.388 e. The lowest BCUT2D eigenvalue weighted by Gasteiger charge is -2.33. The van der Waals surface area contributed by atoms with Crippen LogP contribution < -0.4 is 11.2 Å². The Kier molecular flexibility index (Phi) is 5.59. The van der Waals surface area contributed by atoms with Gasteiger partial charge in [0.05, 0.1) is 22.1 Å². The zero-order valence-corrected chi connectivity index (χ0v) is 18.0. The molecule has 1 saturated heterocycles. The molecule has 5 rings (SSSR count). The van der Waals surface area contributed by atoms with Crippen molar-refractivity contribution in [3.63, 3.8) is 0 Å². The number of nitrogens with one attached hydrogen (secondary N) is 1. The Morgan fingerprint density at radius 1 is 1.06 bits per heavy atom. The summed E-state index contributed by atoms with van der Waals surface area (Å²) in [6.07, 6.45) is 5.47. The molecule has 1 fully saturated rings. The van der Waals surface area contributed by atoms with Gasteiger partial charge in [0.15, 0.2) is 5.82 Å². The third kappa shape index (κ3) is 3.72. The highest BCUT2D eigenvalue weighted by molar-refractivity contribution is 6.01. The Labute approximate surface area is 191 Å². The lowest BCUT2D eigenvalue weighted by atomic mass is 10.0. The van der Waals surface area contributed by atoms with Crippen LogP contribution in [0.25, 0.3) is 33.2 Å². The number of hydrogen-bond acceptors (Lipinski definition) is 9. The van der Waals surface area contributed by atoms with Crippen molar-refractivity contribution in [3.8, 4) is 11.3 Å². The lowest BCUT2D eigenvalue weighted by Crippen LogP contribution is -2.43. The summed E-state index contributed by atoms with van der Waals surface area (Å²) in [5.74, 6) is -0.0735. The summed E-state index contributed by atoms with van der Waals surface area (Å²) in [5.41, 5.74) is 1.29.